The summed E-state index contributed by atoms with van der Waals surface area (Å²) in [5.41, 5.74) is 0.931. The molecule has 4 rings (SSSR count). The SMILES string of the molecule is CCOc1cccc2cc(-c3nnc(NC(=O)c4ccc(OC)c(OC)c4)o3)oc12. The Labute approximate surface area is 171 Å². The van der Waals surface area contributed by atoms with Crippen LogP contribution in [0, 0.1) is 0 Å². The first-order chi connectivity index (χ1) is 14.6. The Morgan fingerprint density at radius 3 is 2.60 bits per heavy atom. The highest BCUT2D eigenvalue weighted by molar-refractivity contribution is 6.03. The summed E-state index contributed by atoms with van der Waals surface area (Å²) in [6, 6.07) is 12.1. The molecular formula is C21H19N3O6. The topological polar surface area (TPSA) is 109 Å². The Morgan fingerprint density at radius 1 is 1.00 bits per heavy atom. The first-order valence-electron chi connectivity index (χ1n) is 9.15. The summed E-state index contributed by atoms with van der Waals surface area (Å²) in [6.07, 6.45) is 0. The van der Waals surface area contributed by atoms with Crippen molar-refractivity contribution in [3.05, 3.63) is 48.0 Å². The second-order valence-corrected chi connectivity index (χ2v) is 6.15. The number of ether oxygens (including phenoxy) is 3. The van der Waals surface area contributed by atoms with Crippen molar-refractivity contribution in [1.29, 1.82) is 0 Å². The molecule has 0 atom stereocenters. The van der Waals surface area contributed by atoms with Gasteiger partial charge < -0.3 is 23.0 Å². The van der Waals surface area contributed by atoms with Crippen LogP contribution in [0.3, 0.4) is 0 Å². The molecule has 0 aliphatic rings. The quantitative estimate of drug-likeness (QED) is 0.485. The van der Waals surface area contributed by atoms with Crippen LogP contribution >= 0.6 is 0 Å². The first kappa shape index (κ1) is 19.3. The van der Waals surface area contributed by atoms with E-state index in [1.807, 2.05) is 25.1 Å². The van der Waals surface area contributed by atoms with Crippen molar-refractivity contribution in [3.63, 3.8) is 0 Å². The van der Waals surface area contributed by atoms with E-state index in [4.69, 9.17) is 23.0 Å². The molecule has 1 N–H and O–H groups in total. The highest BCUT2D eigenvalue weighted by Crippen LogP contribution is 2.33. The van der Waals surface area contributed by atoms with Crippen LogP contribution in [-0.4, -0.2) is 36.9 Å². The lowest BCUT2D eigenvalue weighted by molar-refractivity contribution is 0.102. The number of methoxy groups -OCH3 is 2. The van der Waals surface area contributed by atoms with Gasteiger partial charge in [-0.25, -0.2) is 0 Å². The summed E-state index contributed by atoms with van der Waals surface area (Å²) in [5.74, 6) is 1.65. The largest absolute Gasteiger partial charge is 0.493 e. The maximum atomic E-state index is 12.5. The molecular weight excluding hydrogens is 390 g/mol. The summed E-state index contributed by atoms with van der Waals surface area (Å²) in [6.45, 7) is 2.41. The van der Waals surface area contributed by atoms with E-state index in [1.165, 1.54) is 14.2 Å². The van der Waals surface area contributed by atoms with Crippen molar-refractivity contribution in [2.24, 2.45) is 0 Å². The standard InChI is InChI=1S/C21H19N3O6/c1-4-28-15-7-5-6-12-10-17(29-18(12)15)20-23-24-21(30-20)22-19(25)13-8-9-14(26-2)16(11-13)27-3/h5-11H,4H2,1-3H3,(H,22,24,25). The minimum absolute atomic E-state index is 0.0599. The molecule has 0 fully saturated rings. The fraction of sp³-hybridized carbons (Fsp3) is 0.190. The summed E-state index contributed by atoms with van der Waals surface area (Å²) in [7, 11) is 3.01. The fourth-order valence-electron chi connectivity index (χ4n) is 2.93. The van der Waals surface area contributed by atoms with Crippen molar-refractivity contribution in [3.8, 4) is 28.9 Å². The Kier molecular flexibility index (Phi) is 5.25. The van der Waals surface area contributed by atoms with Crippen LogP contribution in [-0.2, 0) is 0 Å². The molecule has 0 aliphatic carbocycles. The summed E-state index contributed by atoms with van der Waals surface area (Å²) in [5, 5.41) is 11.2. The van der Waals surface area contributed by atoms with Gasteiger partial charge in [0.15, 0.2) is 28.6 Å². The zero-order valence-electron chi connectivity index (χ0n) is 16.6. The van der Waals surface area contributed by atoms with Crippen LogP contribution in [0.2, 0.25) is 0 Å². The Hall–Kier alpha value is -4.01. The average molecular weight is 409 g/mol. The number of anilines is 1. The van der Waals surface area contributed by atoms with E-state index < -0.39 is 5.91 Å². The molecule has 9 heteroatoms. The number of carbonyl (C=O) groups excluding carboxylic acids is 1. The van der Waals surface area contributed by atoms with E-state index in [-0.39, 0.29) is 11.9 Å². The number of nitrogens with one attached hydrogen (secondary N) is 1. The van der Waals surface area contributed by atoms with Crippen molar-refractivity contribution in [1.82, 2.24) is 10.2 Å². The third kappa shape index (κ3) is 3.64. The zero-order valence-corrected chi connectivity index (χ0v) is 16.6. The molecule has 154 valence electrons. The minimum atomic E-state index is -0.436. The van der Waals surface area contributed by atoms with Gasteiger partial charge in [-0.05, 0) is 37.3 Å². The molecule has 4 aromatic rings. The summed E-state index contributed by atoms with van der Waals surface area (Å²) in [4.78, 5) is 12.5. The number of aromatic nitrogens is 2. The summed E-state index contributed by atoms with van der Waals surface area (Å²) >= 11 is 0. The van der Waals surface area contributed by atoms with Gasteiger partial charge in [-0.1, -0.05) is 17.2 Å². The number of rotatable bonds is 7. The van der Waals surface area contributed by atoms with Crippen molar-refractivity contribution in [2.75, 3.05) is 26.1 Å². The van der Waals surface area contributed by atoms with Gasteiger partial charge in [0.25, 0.3) is 11.8 Å². The molecule has 2 heterocycles. The van der Waals surface area contributed by atoms with E-state index in [0.717, 1.165) is 5.39 Å². The predicted octanol–water partition coefficient (Wildman–Crippen LogP) is 4.15. The van der Waals surface area contributed by atoms with Crippen LogP contribution < -0.4 is 19.5 Å². The zero-order chi connectivity index (χ0) is 21.1. The van der Waals surface area contributed by atoms with Crippen LogP contribution in [0.15, 0.2) is 51.3 Å². The first-order valence-corrected chi connectivity index (χ1v) is 9.15. The van der Waals surface area contributed by atoms with Crippen molar-refractivity contribution in [2.45, 2.75) is 6.92 Å². The number of nitrogens with zero attached hydrogens (tertiary/aromatic N) is 2. The number of para-hydroxylation sites is 1. The second-order valence-electron chi connectivity index (χ2n) is 6.15. The monoisotopic (exact) mass is 409 g/mol. The van der Waals surface area contributed by atoms with E-state index in [0.29, 0.717) is 40.8 Å². The van der Waals surface area contributed by atoms with Gasteiger partial charge >= 0.3 is 6.01 Å². The molecule has 2 aromatic carbocycles. The Bertz CT molecular complexity index is 1200. The molecule has 0 unspecified atom stereocenters. The number of fused-ring (bicyclic) bond motifs is 1. The van der Waals surface area contributed by atoms with Gasteiger partial charge in [-0.2, -0.15) is 0 Å². The molecule has 2 aromatic heterocycles. The highest BCUT2D eigenvalue weighted by atomic mass is 16.5. The number of hydrogen-bond acceptors (Lipinski definition) is 8. The van der Waals surface area contributed by atoms with Gasteiger partial charge in [0.1, 0.15) is 0 Å². The molecule has 0 aliphatic heterocycles. The summed E-state index contributed by atoms with van der Waals surface area (Å²) < 4.78 is 27.3. The van der Waals surface area contributed by atoms with Gasteiger partial charge in [0.05, 0.1) is 20.8 Å². The van der Waals surface area contributed by atoms with Gasteiger partial charge in [-0.3, -0.25) is 10.1 Å². The molecule has 0 bridgehead atoms. The maximum absolute atomic E-state index is 12.5. The number of amides is 1. The van der Waals surface area contributed by atoms with Crippen molar-refractivity contribution >= 4 is 22.9 Å². The number of carbonyl (C=O) groups is 1. The van der Waals surface area contributed by atoms with E-state index in [1.54, 1.807) is 24.3 Å². The molecule has 30 heavy (non-hydrogen) atoms. The maximum Gasteiger partial charge on any atom is 0.322 e. The Balaban J connectivity index is 1.55. The number of hydrogen-bond donors (Lipinski definition) is 1. The molecule has 9 nitrogen and oxygen atoms in total. The average Bonchev–Trinajstić information content (AvgIpc) is 3.40. The molecule has 0 spiro atoms. The highest BCUT2D eigenvalue weighted by Gasteiger charge is 2.18. The third-order valence-electron chi connectivity index (χ3n) is 4.31. The van der Waals surface area contributed by atoms with Gasteiger partial charge in [0, 0.05) is 10.9 Å². The van der Waals surface area contributed by atoms with E-state index in [9.17, 15) is 4.79 Å². The third-order valence-corrected chi connectivity index (χ3v) is 4.31. The predicted molar refractivity (Wildman–Crippen MR) is 108 cm³/mol. The fourth-order valence-corrected chi connectivity index (χ4v) is 2.93. The van der Waals surface area contributed by atoms with E-state index in [2.05, 4.69) is 15.5 Å². The van der Waals surface area contributed by atoms with Crippen LogP contribution in [0.4, 0.5) is 6.01 Å². The van der Waals surface area contributed by atoms with E-state index >= 15 is 0 Å². The number of furan rings is 1. The van der Waals surface area contributed by atoms with Crippen LogP contribution in [0.5, 0.6) is 17.2 Å². The lowest BCUT2D eigenvalue weighted by Gasteiger charge is -2.08. The smallest absolute Gasteiger partial charge is 0.322 e. The van der Waals surface area contributed by atoms with Gasteiger partial charge in [-0.15, -0.1) is 5.10 Å². The van der Waals surface area contributed by atoms with Crippen LogP contribution in [0.25, 0.3) is 22.6 Å². The second kappa shape index (κ2) is 8.16. The normalized spacial score (nSPS) is 10.8. The lowest BCUT2D eigenvalue weighted by Crippen LogP contribution is -2.12. The molecule has 0 saturated heterocycles. The van der Waals surface area contributed by atoms with Crippen molar-refractivity contribution < 1.29 is 27.8 Å². The Morgan fingerprint density at radius 2 is 1.83 bits per heavy atom. The van der Waals surface area contributed by atoms with Crippen LogP contribution in [0.1, 0.15) is 17.3 Å². The molecule has 0 saturated carbocycles. The minimum Gasteiger partial charge on any atom is -0.493 e. The van der Waals surface area contributed by atoms with Gasteiger partial charge in [0.2, 0.25) is 0 Å². The lowest BCUT2D eigenvalue weighted by atomic mass is 10.2. The molecule has 1 amide bonds. The molecule has 0 radical (unpaired) electrons. The number of benzene rings is 2.